The summed E-state index contributed by atoms with van der Waals surface area (Å²) in [6.07, 6.45) is 6.79. The van der Waals surface area contributed by atoms with E-state index in [1.165, 1.54) is 4.90 Å². The Bertz CT molecular complexity index is 691. The van der Waals surface area contributed by atoms with Gasteiger partial charge in [-0.2, -0.15) is 0 Å². The number of rotatable bonds is 4. The molecule has 1 fully saturated rings. The Kier molecular flexibility index (Phi) is 5.17. The molecule has 1 aliphatic rings. The quantitative estimate of drug-likeness (QED) is 0.620. The van der Waals surface area contributed by atoms with Crippen LogP contribution >= 0.6 is 23.4 Å². The van der Waals surface area contributed by atoms with Gasteiger partial charge < -0.3 is 4.74 Å². The van der Waals surface area contributed by atoms with Gasteiger partial charge in [0.25, 0.3) is 11.1 Å². The molecule has 4 nitrogen and oxygen atoms in total. The van der Waals surface area contributed by atoms with Crippen molar-refractivity contribution in [1.29, 1.82) is 0 Å². The van der Waals surface area contributed by atoms with Crippen LogP contribution in [0.15, 0.2) is 23.1 Å². The van der Waals surface area contributed by atoms with Gasteiger partial charge in [-0.1, -0.05) is 17.5 Å². The van der Waals surface area contributed by atoms with Crippen LogP contribution in [0.5, 0.6) is 5.75 Å². The molecule has 0 unspecified atom stereocenters. The minimum Gasteiger partial charge on any atom is -0.480 e. The highest BCUT2D eigenvalue weighted by Gasteiger charge is 2.36. The van der Waals surface area contributed by atoms with Crippen molar-refractivity contribution in [2.45, 2.75) is 19.9 Å². The zero-order chi connectivity index (χ0) is 16.3. The minimum absolute atomic E-state index is 0.107. The van der Waals surface area contributed by atoms with E-state index in [4.69, 9.17) is 22.8 Å². The summed E-state index contributed by atoms with van der Waals surface area (Å²) in [6, 6.07) is 4.83. The SMILES string of the molecule is C#CCOc1ccc(Cl)cc1/C=C1\SC(=O)N(C(C)C)C1=O. The first-order valence-corrected chi connectivity index (χ1v) is 7.76. The number of thioether (sulfide) groups is 1. The number of nitrogens with zero attached hydrogens (tertiary/aromatic N) is 1. The predicted molar refractivity (Wildman–Crippen MR) is 88.7 cm³/mol. The molecule has 0 aliphatic carbocycles. The van der Waals surface area contributed by atoms with Gasteiger partial charge in [-0.25, -0.2) is 0 Å². The maximum atomic E-state index is 12.3. The van der Waals surface area contributed by atoms with Crippen molar-refractivity contribution in [2.24, 2.45) is 0 Å². The normalized spacial score (nSPS) is 16.5. The van der Waals surface area contributed by atoms with Gasteiger partial charge in [0.05, 0.1) is 4.91 Å². The second-order valence-corrected chi connectivity index (χ2v) is 6.25. The van der Waals surface area contributed by atoms with Crippen molar-refractivity contribution in [2.75, 3.05) is 6.61 Å². The van der Waals surface area contributed by atoms with Crippen molar-refractivity contribution in [3.8, 4) is 18.1 Å². The van der Waals surface area contributed by atoms with Crippen LogP contribution < -0.4 is 4.74 Å². The van der Waals surface area contributed by atoms with E-state index in [0.29, 0.717) is 21.2 Å². The predicted octanol–water partition coefficient (Wildman–Crippen LogP) is 3.80. The molecule has 0 radical (unpaired) electrons. The summed E-state index contributed by atoms with van der Waals surface area (Å²) in [5.74, 6) is 2.58. The van der Waals surface area contributed by atoms with E-state index in [-0.39, 0.29) is 23.8 Å². The number of imide groups is 1. The number of hydrogen-bond acceptors (Lipinski definition) is 4. The van der Waals surface area contributed by atoms with Gasteiger partial charge >= 0.3 is 0 Å². The summed E-state index contributed by atoms with van der Waals surface area (Å²) in [5, 5.41) is 0.224. The molecule has 1 aromatic rings. The molecule has 2 rings (SSSR count). The maximum absolute atomic E-state index is 12.3. The Labute approximate surface area is 138 Å². The fourth-order valence-corrected chi connectivity index (χ4v) is 3.08. The molecule has 0 atom stereocenters. The number of carbonyl (C=O) groups is 2. The molecule has 0 N–H and O–H groups in total. The third-order valence-electron chi connectivity index (χ3n) is 2.91. The van der Waals surface area contributed by atoms with Gasteiger partial charge in [0.1, 0.15) is 12.4 Å². The summed E-state index contributed by atoms with van der Waals surface area (Å²) >= 11 is 6.89. The summed E-state index contributed by atoms with van der Waals surface area (Å²) in [5.41, 5.74) is 0.608. The second kappa shape index (κ2) is 6.91. The summed E-state index contributed by atoms with van der Waals surface area (Å²) in [4.78, 5) is 25.7. The van der Waals surface area contributed by atoms with Crippen LogP contribution in [0.2, 0.25) is 5.02 Å². The third-order valence-corrected chi connectivity index (χ3v) is 4.03. The summed E-state index contributed by atoms with van der Waals surface area (Å²) < 4.78 is 5.43. The van der Waals surface area contributed by atoms with Gasteiger partial charge in [-0.3, -0.25) is 14.5 Å². The van der Waals surface area contributed by atoms with E-state index in [2.05, 4.69) is 5.92 Å². The average molecular weight is 336 g/mol. The lowest BCUT2D eigenvalue weighted by atomic mass is 10.1. The topological polar surface area (TPSA) is 46.6 Å². The fourth-order valence-electron chi connectivity index (χ4n) is 1.95. The molecule has 0 spiro atoms. The lowest BCUT2D eigenvalue weighted by Gasteiger charge is -2.16. The van der Waals surface area contributed by atoms with E-state index < -0.39 is 0 Å². The van der Waals surface area contributed by atoms with E-state index in [1.807, 2.05) is 0 Å². The number of carbonyl (C=O) groups excluding carboxylic acids is 2. The first kappa shape index (κ1) is 16.5. The molecule has 1 aromatic carbocycles. The van der Waals surface area contributed by atoms with Gasteiger partial charge in [0, 0.05) is 16.6 Å². The third kappa shape index (κ3) is 3.46. The zero-order valence-electron chi connectivity index (χ0n) is 12.1. The van der Waals surface area contributed by atoms with E-state index in [1.54, 1.807) is 38.1 Å². The van der Waals surface area contributed by atoms with E-state index in [9.17, 15) is 9.59 Å². The number of halogens is 1. The highest BCUT2D eigenvalue weighted by Crippen LogP contribution is 2.35. The smallest absolute Gasteiger partial charge is 0.293 e. The molecule has 1 saturated heterocycles. The van der Waals surface area contributed by atoms with Gasteiger partial charge in [0.15, 0.2) is 0 Å². The van der Waals surface area contributed by atoms with Crippen LogP contribution in [0.4, 0.5) is 4.79 Å². The first-order valence-electron chi connectivity index (χ1n) is 6.57. The molecule has 6 heteroatoms. The van der Waals surface area contributed by atoms with Crippen LogP contribution in [0.1, 0.15) is 19.4 Å². The van der Waals surface area contributed by atoms with Crippen LogP contribution in [0.25, 0.3) is 6.08 Å². The second-order valence-electron chi connectivity index (χ2n) is 4.82. The van der Waals surface area contributed by atoms with Crippen LogP contribution in [-0.2, 0) is 4.79 Å². The van der Waals surface area contributed by atoms with Crippen molar-refractivity contribution in [3.05, 3.63) is 33.7 Å². The number of amides is 2. The molecule has 0 bridgehead atoms. The van der Waals surface area contributed by atoms with Crippen LogP contribution in [0.3, 0.4) is 0 Å². The number of terminal acetylenes is 1. The van der Waals surface area contributed by atoms with E-state index in [0.717, 1.165) is 11.8 Å². The number of hydrogen-bond donors (Lipinski definition) is 0. The van der Waals surface area contributed by atoms with Crippen molar-refractivity contribution >= 4 is 40.6 Å². The Balaban J connectivity index is 2.37. The summed E-state index contributed by atoms with van der Waals surface area (Å²) in [7, 11) is 0. The fraction of sp³-hybridized carbons (Fsp3) is 0.250. The molecule has 0 aromatic heterocycles. The Hall–Kier alpha value is -1.90. The largest absolute Gasteiger partial charge is 0.480 e. The Morgan fingerprint density at radius 1 is 1.45 bits per heavy atom. The highest BCUT2D eigenvalue weighted by atomic mass is 35.5. The van der Waals surface area contributed by atoms with Crippen LogP contribution in [-0.4, -0.2) is 28.7 Å². The van der Waals surface area contributed by atoms with Crippen molar-refractivity contribution in [1.82, 2.24) is 4.90 Å². The van der Waals surface area contributed by atoms with Crippen molar-refractivity contribution < 1.29 is 14.3 Å². The Morgan fingerprint density at radius 2 is 2.18 bits per heavy atom. The molecular formula is C16H14ClNO3S. The molecule has 22 heavy (non-hydrogen) atoms. The lowest BCUT2D eigenvalue weighted by Crippen LogP contribution is -2.34. The average Bonchev–Trinajstić information content (AvgIpc) is 2.72. The number of benzene rings is 1. The molecule has 1 heterocycles. The van der Waals surface area contributed by atoms with Gasteiger partial charge in [0.2, 0.25) is 0 Å². The lowest BCUT2D eigenvalue weighted by molar-refractivity contribution is -0.123. The minimum atomic E-state index is -0.312. The summed E-state index contributed by atoms with van der Waals surface area (Å²) in [6.45, 7) is 3.69. The Morgan fingerprint density at radius 3 is 2.77 bits per heavy atom. The molecule has 114 valence electrons. The van der Waals surface area contributed by atoms with Gasteiger partial charge in [-0.05, 0) is 49.9 Å². The maximum Gasteiger partial charge on any atom is 0.293 e. The van der Waals surface area contributed by atoms with Crippen molar-refractivity contribution in [3.63, 3.8) is 0 Å². The molecular weight excluding hydrogens is 322 g/mol. The van der Waals surface area contributed by atoms with Crippen LogP contribution in [0, 0.1) is 12.3 Å². The zero-order valence-corrected chi connectivity index (χ0v) is 13.7. The highest BCUT2D eigenvalue weighted by molar-refractivity contribution is 8.18. The number of ether oxygens (including phenoxy) is 1. The standard InChI is InChI=1S/C16H14ClNO3S/c1-4-7-21-13-6-5-12(17)8-11(13)9-14-15(19)18(10(2)3)16(20)22-14/h1,5-6,8-10H,7H2,2-3H3/b14-9-. The van der Waals surface area contributed by atoms with Gasteiger partial charge in [-0.15, -0.1) is 6.42 Å². The molecule has 2 amide bonds. The monoisotopic (exact) mass is 335 g/mol. The molecule has 1 aliphatic heterocycles. The van der Waals surface area contributed by atoms with E-state index >= 15 is 0 Å². The molecule has 0 saturated carbocycles. The first-order chi connectivity index (χ1) is 10.4.